The third-order valence-corrected chi connectivity index (χ3v) is 7.32. The Morgan fingerprint density at radius 2 is 1.97 bits per heavy atom. The van der Waals surface area contributed by atoms with Gasteiger partial charge in [0.2, 0.25) is 5.91 Å². The fraction of sp³-hybridized carbons (Fsp3) is 0.333. The fourth-order valence-corrected chi connectivity index (χ4v) is 5.25. The molecule has 0 bridgehead atoms. The topological polar surface area (TPSA) is 82.4 Å². The molecule has 1 N–H and O–H groups in total. The van der Waals surface area contributed by atoms with Crippen molar-refractivity contribution in [3.05, 3.63) is 66.8 Å². The summed E-state index contributed by atoms with van der Waals surface area (Å²) in [7, 11) is 0. The molecular weight excluding hydrogens is 438 g/mol. The van der Waals surface area contributed by atoms with Crippen molar-refractivity contribution < 1.29 is 4.79 Å². The lowest BCUT2D eigenvalue weighted by Crippen LogP contribution is -2.48. The van der Waals surface area contributed by atoms with Gasteiger partial charge in [-0.05, 0) is 30.4 Å². The number of piperazine rings is 1. The van der Waals surface area contributed by atoms with Gasteiger partial charge in [-0.2, -0.15) is 5.10 Å². The van der Waals surface area contributed by atoms with Crippen molar-refractivity contribution in [1.29, 1.82) is 0 Å². The van der Waals surface area contributed by atoms with Gasteiger partial charge in [-0.15, -0.1) is 0 Å². The van der Waals surface area contributed by atoms with Crippen molar-refractivity contribution in [2.24, 2.45) is 11.8 Å². The van der Waals surface area contributed by atoms with Gasteiger partial charge in [-0.1, -0.05) is 37.3 Å². The number of allylic oxidation sites excluding steroid dienone is 4. The fourth-order valence-electron chi connectivity index (χ4n) is 5.25. The van der Waals surface area contributed by atoms with Gasteiger partial charge in [-0.3, -0.25) is 14.3 Å². The maximum absolute atomic E-state index is 11.8. The maximum atomic E-state index is 11.8. The molecule has 1 aliphatic carbocycles. The molecule has 1 saturated heterocycles. The molecule has 4 heterocycles. The number of fused-ring (bicyclic) bond motifs is 2. The normalized spacial score (nSPS) is 20.3. The molecule has 1 aliphatic heterocycles. The SMILES string of the molecule is CC(=O)N1CCN(c2nccn3c(-c4ccc5[nH]ncc5c4)c(CC4C=CC=CC4C)nc23)CC1. The molecule has 3 aromatic heterocycles. The van der Waals surface area contributed by atoms with Crippen LogP contribution in [0.1, 0.15) is 19.5 Å². The summed E-state index contributed by atoms with van der Waals surface area (Å²) in [6.45, 7) is 6.79. The molecule has 4 aromatic rings. The van der Waals surface area contributed by atoms with E-state index in [4.69, 9.17) is 9.97 Å². The number of hydrogen-bond donors (Lipinski definition) is 1. The summed E-state index contributed by atoms with van der Waals surface area (Å²) in [5.74, 6) is 1.84. The summed E-state index contributed by atoms with van der Waals surface area (Å²) in [6.07, 6.45) is 15.4. The third kappa shape index (κ3) is 3.88. The predicted molar refractivity (Wildman–Crippen MR) is 137 cm³/mol. The van der Waals surface area contributed by atoms with Gasteiger partial charge in [0.1, 0.15) is 0 Å². The second kappa shape index (κ2) is 8.69. The highest BCUT2D eigenvalue weighted by Gasteiger charge is 2.26. The quantitative estimate of drug-likeness (QED) is 0.493. The molecule has 8 nitrogen and oxygen atoms in total. The number of nitrogens with zero attached hydrogens (tertiary/aromatic N) is 6. The van der Waals surface area contributed by atoms with Crippen LogP contribution in [0.2, 0.25) is 0 Å². The first kappa shape index (κ1) is 21.6. The van der Waals surface area contributed by atoms with Gasteiger partial charge in [-0.25, -0.2) is 9.97 Å². The summed E-state index contributed by atoms with van der Waals surface area (Å²) in [6, 6.07) is 6.40. The molecule has 0 spiro atoms. The van der Waals surface area contributed by atoms with E-state index in [1.165, 1.54) is 0 Å². The Morgan fingerprint density at radius 1 is 1.14 bits per heavy atom. The minimum atomic E-state index is 0.125. The lowest BCUT2D eigenvalue weighted by molar-refractivity contribution is -0.129. The number of hydrogen-bond acceptors (Lipinski definition) is 5. The van der Waals surface area contributed by atoms with E-state index in [1.807, 2.05) is 23.5 Å². The predicted octanol–water partition coefficient (Wildman–Crippen LogP) is 3.86. The van der Waals surface area contributed by atoms with Gasteiger partial charge in [0.05, 0.1) is 23.1 Å². The number of H-pyrrole nitrogens is 1. The van der Waals surface area contributed by atoms with Crippen LogP contribution in [0.3, 0.4) is 0 Å². The summed E-state index contributed by atoms with van der Waals surface area (Å²) in [5.41, 5.74) is 5.17. The van der Waals surface area contributed by atoms with Crippen LogP contribution in [0, 0.1) is 11.8 Å². The molecule has 2 atom stereocenters. The Bertz CT molecular complexity index is 1460. The van der Waals surface area contributed by atoms with Crippen molar-refractivity contribution in [1.82, 2.24) is 29.5 Å². The highest BCUT2D eigenvalue weighted by Crippen LogP contribution is 2.34. The second-order valence-corrected chi connectivity index (χ2v) is 9.51. The van der Waals surface area contributed by atoms with Crippen molar-refractivity contribution in [2.45, 2.75) is 20.3 Å². The number of aromatic nitrogens is 5. The molecule has 0 saturated carbocycles. The molecular formula is C27H29N7O. The number of anilines is 1. The average Bonchev–Trinajstić information content (AvgIpc) is 3.49. The number of carbonyl (C=O) groups is 1. The van der Waals surface area contributed by atoms with Crippen LogP contribution < -0.4 is 4.90 Å². The largest absolute Gasteiger partial charge is 0.350 e. The van der Waals surface area contributed by atoms with E-state index >= 15 is 0 Å². The zero-order chi connectivity index (χ0) is 23.9. The smallest absolute Gasteiger partial charge is 0.219 e. The van der Waals surface area contributed by atoms with E-state index in [2.05, 4.69) is 68.9 Å². The molecule has 35 heavy (non-hydrogen) atoms. The van der Waals surface area contributed by atoms with Crippen molar-refractivity contribution >= 4 is 28.3 Å². The molecule has 1 fully saturated rings. The average molecular weight is 468 g/mol. The van der Waals surface area contributed by atoms with Gasteiger partial charge in [0.15, 0.2) is 11.5 Å². The Morgan fingerprint density at radius 3 is 2.77 bits per heavy atom. The number of aromatic amines is 1. The lowest BCUT2D eigenvalue weighted by atomic mass is 9.86. The van der Waals surface area contributed by atoms with Crippen LogP contribution in [-0.4, -0.2) is 61.6 Å². The Kier molecular flexibility index (Phi) is 5.36. The monoisotopic (exact) mass is 467 g/mol. The number of amides is 1. The lowest BCUT2D eigenvalue weighted by Gasteiger charge is -2.34. The van der Waals surface area contributed by atoms with E-state index in [0.717, 1.165) is 58.8 Å². The van der Waals surface area contributed by atoms with Crippen molar-refractivity contribution in [3.63, 3.8) is 0 Å². The number of carbonyl (C=O) groups excluding carboxylic acids is 1. The number of rotatable bonds is 4. The minimum Gasteiger partial charge on any atom is -0.350 e. The summed E-state index contributed by atoms with van der Waals surface area (Å²) >= 11 is 0. The van der Waals surface area contributed by atoms with E-state index in [1.54, 1.807) is 6.92 Å². The first-order valence-electron chi connectivity index (χ1n) is 12.2. The maximum Gasteiger partial charge on any atom is 0.219 e. The van der Waals surface area contributed by atoms with Crippen LogP contribution in [-0.2, 0) is 11.2 Å². The van der Waals surface area contributed by atoms with Crippen LogP contribution in [0.15, 0.2) is 61.1 Å². The van der Waals surface area contributed by atoms with Crippen molar-refractivity contribution in [3.8, 4) is 11.3 Å². The summed E-state index contributed by atoms with van der Waals surface area (Å²) < 4.78 is 2.18. The molecule has 2 aliphatic rings. The number of imidazole rings is 1. The van der Waals surface area contributed by atoms with Crippen LogP contribution in [0.4, 0.5) is 5.82 Å². The van der Waals surface area contributed by atoms with Crippen LogP contribution >= 0.6 is 0 Å². The second-order valence-electron chi connectivity index (χ2n) is 9.51. The van der Waals surface area contributed by atoms with Gasteiger partial charge in [0, 0.05) is 56.4 Å². The number of nitrogens with one attached hydrogen (secondary N) is 1. The van der Waals surface area contributed by atoms with Crippen LogP contribution in [0.5, 0.6) is 0 Å². The minimum absolute atomic E-state index is 0.125. The molecule has 2 unspecified atom stereocenters. The van der Waals surface area contributed by atoms with Gasteiger partial charge < -0.3 is 9.80 Å². The van der Waals surface area contributed by atoms with E-state index in [9.17, 15) is 4.79 Å². The Balaban J connectivity index is 1.46. The first-order valence-corrected chi connectivity index (χ1v) is 12.2. The van der Waals surface area contributed by atoms with Crippen molar-refractivity contribution in [2.75, 3.05) is 31.1 Å². The van der Waals surface area contributed by atoms with Gasteiger partial charge >= 0.3 is 0 Å². The standard InChI is InChI=1S/C27H29N7O/c1-18-5-3-4-6-20(18)16-24-25(21-7-8-23-22(15-21)17-29-31-23)34-10-9-28-26(27(34)30-24)33-13-11-32(12-14-33)19(2)35/h3-10,15,17-18,20H,11-14,16H2,1-2H3,(H,29,31). The molecule has 1 amide bonds. The summed E-state index contributed by atoms with van der Waals surface area (Å²) in [4.78, 5) is 25.9. The number of benzene rings is 1. The summed E-state index contributed by atoms with van der Waals surface area (Å²) in [5, 5.41) is 8.32. The Labute approximate surface area is 204 Å². The molecule has 178 valence electrons. The molecule has 1 aromatic carbocycles. The first-order chi connectivity index (χ1) is 17.1. The Hall–Kier alpha value is -3.94. The third-order valence-electron chi connectivity index (χ3n) is 7.32. The highest BCUT2D eigenvalue weighted by molar-refractivity contribution is 5.85. The molecule has 6 rings (SSSR count). The van der Waals surface area contributed by atoms with Gasteiger partial charge in [0.25, 0.3) is 0 Å². The van der Waals surface area contributed by atoms with E-state index < -0.39 is 0 Å². The molecule has 8 heteroatoms. The van der Waals surface area contributed by atoms with Crippen LogP contribution in [0.25, 0.3) is 27.8 Å². The van der Waals surface area contributed by atoms with E-state index in [0.29, 0.717) is 24.9 Å². The van der Waals surface area contributed by atoms with E-state index in [-0.39, 0.29) is 5.91 Å². The highest BCUT2D eigenvalue weighted by atomic mass is 16.2. The zero-order valence-corrected chi connectivity index (χ0v) is 20.1. The molecule has 0 radical (unpaired) electrons. The zero-order valence-electron chi connectivity index (χ0n) is 20.1.